The Balaban J connectivity index is 3.58. The van der Waals surface area contributed by atoms with Crippen molar-refractivity contribution in [3.8, 4) is 0 Å². The molecule has 0 aromatic carbocycles. The Morgan fingerprint density at radius 3 is 2.58 bits per heavy atom. The van der Waals surface area contributed by atoms with Gasteiger partial charge in [-0.15, -0.1) is 0 Å². The summed E-state index contributed by atoms with van der Waals surface area (Å²) < 4.78 is 4.16. The average molecular weight is 184 g/mol. The first kappa shape index (κ1) is 10.7. The average Bonchev–Trinajstić information content (AvgIpc) is 2.10. The topological polar surface area (TPSA) is 21.6 Å². The molecule has 0 amide bonds. The maximum absolute atomic E-state index is 4.91. The first-order valence-corrected chi connectivity index (χ1v) is 3.62. The second-order valence-corrected chi connectivity index (χ2v) is 1.86. The molecular formula is C9H10ClNO. The summed E-state index contributed by atoms with van der Waals surface area (Å²) in [5.74, 6) is 0. The molecule has 0 aliphatic rings. The van der Waals surface area contributed by atoms with Crippen LogP contribution in [0.1, 0.15) is 0 Å². The number of aliphatic imine (C=N–C) groups is 1. The molecule has 3 heteroatoms. The zero-order valence-corrected chi connectivity index (χ0v) is 7.32. The lowest BCUT2D eigenvalue weighted by Crippen LogP contribution is -1.57. The largest absolute Gasteiger partial charge is 0.394 e. The summed E-state index contributed by atoms with van der Waals surface area (Å²) >= 11 is 4.91. The molecule has 0 saturated carbocycles. The van der Waals surface area contributed by atoms with Gasteiger partial charge in [-0.05, 0) is 12.2 Å². The Kier molecular flexibility index (Phi) is 8.68. The number of hydrogen-bond donors (Lipinski definition) is 0. The van der Waals surface area contributed by atoms with Crippen LogP contribution in [0.25, 0.3) is 0 Å². The predicted octanol–water partition coefficient (Wildman–Crippen LogP) is 3.00. The minimum Gasteiger partial charge on any atom is -0.394 e. The fraction of sp³-hybridized carbons (Fsp3) is 0. The van der Waals surface area contributed by atoms with Crippen molar-refractivity contribution in [1.82, 2.24) is 0 Å². The van der Waals surface area contributed by atoms with E-state index in [4.69, 9.17) is 11.9 Å². The lowest BCUT2D eigenvalue weighted by atomic mass is 10.5. The van der Waals surface area contributed by atoms with Crippen molar-refractivity contribution in [3.05, 3.63) is 49.4 Å². The zero-order valence-electron chi connectivity index (χ0n) is 6.56. The van der Waals surface area contributed by atoms with Crippen LogP contribution >= 0.6 is 11.9 Å². The van der Waals surface area contributed by atoms with Crippen molar-refractivity contribution < 1.29 is 4.29 Å². The molecule has 0 unspecified atom stereocenters. The van der Waals surface area contributed by atoms with Gasteiger partial charge >= 0.3 is 0 Å². The number of nitrogens with zero attached hydrogens (tertiary/aromatic N) is 1. The van der Waals surface area contributed by atoms with E-state index in [9.17, 15) is 0 Å². The van der Waals surface area contributed by atoms with Crippen LogP contribution in [0.2, 0.25) is 0 Å². The summed E-state index contributed by atoms with van der Waals surface area (Å²) in [6.45, 7) is 3.48. The molecule has 0 radical (unpaired) electrons. The highest BCUT2D eigenvalue weighted by atomic mass is 35.5. The number of allylic oxidation sites excluding steroid dienone is 5. The predicted molar refractivity (Wildman–Crippen MR) is 53.0 cm³/mol. The monoisotopic (exact) mass is 183 g/mol. The summed E-state index contributed by atoms with van der Waals surface area (Å²) in [6.07, 6.45) is 13.2. The van der Waals surface area contributed by atoms with Crippen molar-refractivity contribution in [2.75, 3.05) is 0 Å². The molecular weight excluding hydrogens is 174 g/mol. The van der Waals surface area contributed by atoms with Gasteiger partial charge in [0, 0.05) is 12.4 Å². The van der Waals surface area contributed by atoms with Gasteiger partial charge in [0.25, 0.3) is 0 Å². The number of halogens is 1. The van der Waals surface area contributed by atoms with E-state index >= 15 is 0 Å². The third-order valence-electron chi connectivity index (χ3n) is 0.827. The van der Waals surface area contributed by atoms with E-state index in [2.05, 4.69) is 15.9 Å². The van der Waals surface area contributed by atoms with Gasteiger partial charge in [0.1, 0.15) is 18.1 Å². The standard InChI is InChI=1S/C9H10ClNO/c1-2-7-11-8-5-3-4-6-9-12-10/h2-9H,1H2/b4-3-,8-5+,9-6+,11-7-. The zero-order chi connectivity index (χ0) is 9.07. The van der Waals surface area contributed by atoms with E-state index in [0.717, 1.165) is 0 Å². The summed E-state index contributed by atoms with van der Waals surface area (Å²) in [5, 5.41) is 0. The molecule has 0 bridgehead atoms. The summed E-state index contributed by atoms with van der Waals surface area (Å²) in [6, 6.07) is 0. The van der Waals surface area contributed by atoms with E-state index in [1.54, 1.807) is 42.8 Å². The molecule has 2 nitrogen and oxygen atoms in total. The lowest BCUT2D eigenvalue weighted by Gasteiger charge is -1.75. The van der Waals surface area contributed by atoms with E-state index in [0.29, 0.717) is 0 Å². The highest BCUT2D eigenvalue weighted by Crippen LogP contribution is 1.84. The smallest absolute Gasteiger partial charge is 0.134 e. The van der Waals surface area contributed by atoms with Gasteiger partial charge in [-0.2, -0.15) is 0 Å². The molecule has 12 heavy (non-hydrogen) atoms. The third-order valence-corrected chi connectivity index (χ3v) is 0.930. The van der Waals surface area contributed by atoms with E-state index in [1.807, 2.05) is 0 Å². The van der Waals surface area contributed by atoms with Crippen LogP contribution in [0.15, 0.2) is 54.4 Å². The van der Waals surface area contributed by atoms with Crippen LogP contribution < -0.4 is 0 Å². The van der Waals surface area contributed by atoms with E-state index in [1.165, 1.54) is 6.26 Å². The fourth-order valence-corrected chi connectivity index (χ4v) is 0.473. The number of rotatable bonds is 5. The van der Waals surface area contributed by atoms with Gasteiger partial charge in [0.15, 0.2) is 0 Å². The molecule has 0 aromatic heterocycles. The molecule has 0 aliphatic carbocycles. The fourth-order valence-electron chi connectivity index (χ4n) is 0.413. The molecule has 0 heterocycles. The summed E-state index contributed by atoms with van der Waals surface area (Å²) in [4.78, 5) is 3.85. The van der Waals surface area contributed by atoms with Gasteiger partial charge in [0.05, 0.1) is 0 Å². The quantitative estimate of drug-likeness (QED) is 0.365. The second-order valence-electron chi connectivity index (χ2n) is 1.68. The third kappa shape index (κ3) is 8.72. The Morgan fingerprint density at radius 1 is 1.17 bits per heavy atom. The Morgan fingerprint density at radius 2 is 1.92 bits per heavy atom. The maximum atomic E-state index is 4.91. The van der Waals surface area contributed by atoms with Gasteiger partial charge in [-0.3, -0.25) is 4.99 Å². The second kappa shape index (κ2) is 9.72. The van der Waals surface area contributed by atoms with Crippen LogP contribution in [0.5, 0.6) is 0 Å². The summed E-state index contributed by atoms with van der Waals surface area (Å²) in [5.41, 5.74) is 0. The van der Waals surface area contributed by atoms with Gasteiger partial charge in [-0.1, -0.05) is 24.8 Å². The molecule has 0 rings (SSSR count). The minimum atomic E-state index is 1.36. The van der Waals surface area contributed by atoms with Crippen molar-refractivity contribution in [3.63, 3.8) is 0 Å². The lowest BCUT2D eigenvalue weighted by molar-refractivity contribution is 0.538. The molecule has 0 aromatic rings. The molecule has 0 N–H and O–H groups in total. The van der Waals surface area contributed by atoms with Crippen LogP contribution in [-0.4, -0.2) is 6.21 Å². The Bertz CT molecular complexity index is 217. The van der Waals surface area contributed by atoms with E-state index < -0.39 is 0 Å². The maximum Gasteiger partial charge on any atom is 0.134 e. The molecule has 0 saturated heterocycles. The van der Waals surface area contributed by atoms with Crippen molar-refractivity contribution in [2.45, 2.75) is 0 Å². The molecule has 0 spiro atoms. The van der Waals surface area contributed by atoms with Gasteiger partial charge < -0.3 is 4.29 Å². The molecule has 0 aliphatic heterocycles. The first-order chi connectivity index (χ1) is 5.91. The first-order valence-electron chi connectivity index (χ1n) is 3.31. The van der Waals surface area contributed by atoms with Crippen LogP contribution in [0.3, 0.4) is 0 Å². The normalized spacial score (nSPS) is 12.4. The molecule has 0 fully saturated rings. The van der Waals surface area contributed by atoms with Crippen LogP contribution in [0, 0.1) is 0 Å². The summed E-state index contributed by atoms with van der Waals surface area (Å²) in [7, 11) is 0. The Hall–Kier alpha value is -1.28. The van der Waals surface area contributed by atoms with E-state index in [-0.39, 0.29) is 0 Å². The van der Waals surface area contributed by atoms with Crippen molar-refractivity contribution >= 4 is 18.1 Å². The number of hydrogen-bond acceptors (Lipinski definition) is 2. The van der Waals surface area contributed by atoms with Crippen molar-refractivity contribution in [1.29, 1.82) is 0 Å². The molecule has 0 atom stereocenters. The van der Waals surface area contributed by atoms with Crippen LogP contribution in [0.4, 0.5) is 0 Å². The SMILES string of the molecule is C=C\C=N/C=C/C=C\C=C\OCl. The van der Waals surface area contributed by atoms with Crippen LogP contribution in [-0.2, 0) is 4.29 Å². The minimum absolute atomic E-state index is 1.36. The highest BCUT2D eigenvalue weighted by Gasteiger charge is 1.63. The van der Waals surface area contributed by atoms with Crippen molar-refractivity contribution in [2.24, 2.45) is 4.99 Å². The van der Waals surface area contributed by atoms with Gasteiger partial charge in [-0.25, -0.2) is 0 Å². The molecule has 64 valence electrons. The highest BCUT2D eigenvalue weighted by molar-refractivity contribution is 6.07. The van der Waals surface area contributed by atoms with Gasteiger partial charge in [0.2, 0.25) is 0 Å². The Labute approximate surface area is 77.4 Å².